The van der Waals surface area contributed by atoms with Gasteiger partial charge < -0.3 is 4.72 Å². The summed E-state index contributed by atoms with van der Waals surface area (Å²) >= 11 is 0. The number of hydrogen-bond donors (Lipinski definition) is 1. The molecule has 0 aromatic heterocycles. The highest BCUT2D eigenvalue weighted by Gasteiger charge is 1.96. The zero-order chi connectivity index (χ0) is 4.41. The lowest BCUT2D eigenvalue weighted by molar-refractivity contribution is 1.50. The van der Waals surface area contributed by atoms with E-state index in [4.69, 9.17) is 0 Å². The van der Waals surface area contributed by atoms with E-state index in [9.17, 15) is 0 Å². The van der Waals surface area contributed by atoms with E-state index in [0.717, 1.165) is 5.84 Å². The Labute approximate surface area is 44.5 Å². The molecule has 1 heterocycles. The van der Waals surface area contributed by atoms with Crippen molar-refractivity contribution in [3.63, 3.8) is 0 Å². The Balaban J connectivity index is 2.45. The zero-order valence-electron chi connectivity index (χ0n) is 3.26. The average molecular weight is 120 g/mol. The van der Waals surface area contributed by atoms with Crippen LogP contribution < -0.4 is 4.72 Å². The maximum Gasteiger partial charge on any atom is 0.118 e. The lowest BCUT2D eigenvalue weighted by atomic mass is 10.8. The van der Waals surface area contributed by atoms with Gasteiger partial charge >= 0.3 is 0 Å². The smallest absolute Gasteiger partial charge is 0.118 e. The quantitative estimate of drug-likeness (QED) is 0.384. The molecule has 1 rings (SSSR count). The van der Waals surface area contributed by atoms with E-state index >= 15 is 0 Å². The van der Waals surface area contributed by atoms with Crippen molar-refractivity contribution in [1.82, 2.24) is 4.72 Å². The highest BCUT2D eigenvalue weighted by Crippen LogP contribution is 2.23. The van der Waals surface area contributed by atoms with E-state index in [-0.39, 0.29) is 0 Å². The zero-order valence-corrected chi connectivity index (χ0v) is 4.90. The number of nitrogens with zero attached hydrogens (tertiary/aromatic N) is 1. The van der Waals surface area contributed by atoms with Crippen LogP contribution in [0.1, 0.15) is 6.92 Å². The first-order chi connectivity index (χ1) is 2.89. The maximum absolute atomic E-state index is 3.92. The second-order valence-electron chi connectivity index (χ2n) is 0.937. The van der Waals surface area contributed by atoms with E-state index in [1.807, 2.05) is 6.92 Å². The maximum atomic E-state index is 3.92. The van der Waals surface area contributed by atoms with E-state index in [1.165, 1.54) is 11.0 Å². The molecule has 0 aromatic carbocycles. The molecule has 4 heteroatoms. The molecule has 1 N–H and O–H groups in total. The van der Waals surface area contributed by atoms with Crippen LogP contribution >= 0.6 is 22.0 Å². The molecular weight excluding hydrogens is 116 g/mol. The normalized spacial score (nSPS) is 19.8. The summed E-state index contributed by atoms with van der Waals surface area (Å²) in [6.45, 7) is 1.94. The third-order valence-corrected chi connectivity index (χ3v) is 1.90. The van der Waals surface area contributed by atoms with Crippen LogP contribution in [0.5, 0.6) is 0 Å². The largest absolute Gasteiger partial charge is 0.307 e. The summed E-state index contributed by atoms with van der Waals surface area (Å²) in [5, 5.41) is 0. The van der Waals surface area contributed by atoms with Gasteiger partial charge in [0.15, 0.2) is 0 Å². The van der Waals surface area contributed by atoms with Crippen molar-refractivity contribution in [3.05, 3.63) is 0 Å². The molecule has 0 bridgehead atoms. The molecule has 0 saturated carbocycles. The van der Waals surface area contributed by atoms with E-state index in [0.29, 0.717) is 0 Å². The minimum absolute atomic E-state index is 1.00. The summed E-state index contributed by atoms with van der Waals surface area (Å²) < 4.78 is 6.87. The third kappa shape index (κ3) is 0.815. The van der Waals surface area contributed by atoms with Crippen molar-refractivity contribution < 1.29 is 0 Å². The Bertz CT molecular complexity index is 79.6. The first kappa shape index (κ1) is 4.33. The molecule has 0 amide bonds. The summed E-state index contributed by atoms with van der Waals surface area (Å²) in [7, 11) is 3.02. The summed E-state index contributed by atoms with van der Waals surface area (Å²) in [5.41, 5.74) is 0. The van der Waals surface area contributed by atoms with Gasteiger partial charge in [-0.3, -0.25) is 0 Å². The minimum Gasteiger partial charge on any atom is -0.307 e. The Morgan fingerprint density at radius 2 is 2.67 bits per heavy atom. The van der Waals surface area contributed by atoms with Gasteiger partial charge in [0.25, 0.3) is 0 Å². The molecular formula is C2H4N2S2. The van der Waals surface area contributed by atoms with Gasteiger partial charge in [-0.25, -0.2) is 0 Å². The van der Waals surface area contributed by atoms with Crippen molar-refractivity contribution in [3.8, 4) is 0 Å². The minimum atomic E-state index is 1.00. The fourth-order valence-electron chi connectivity index (χ4n) is 0.172. The Morgan fingerprint density at radius 1 is 1.83 bits per heavy atom. The molecule has 0 atom stereocenters. The van der Waals surface area contributed by atoms with Gasteiger partial charge in [0.2, 0.25) is 0 Å². The first-order valence-corrected chi connectivity index (χ1v) is 3.63. The second-order valence-corrected chi connectivity index (χ2v) is 2.59. The molecule has 0 unspecified atom stereocenters. The first-order valence-electron chi connectivity index (χ1n) is 1.53. The molecule has 0 radical (unpaired) electrons. The standard InChI is InChI=1S/C2H4N2S2/c1-2-3-5-6-4-2/h1H3,(H,3,4). The van der Waals surface area contributed by atoms with Crippen LogP contribution in [0.15, 0.2) is 4.40 Å². The number of nitrogens with one attached hydrogen (secondary N) is 1. The van der Waals surface area contributed by atoms with Crippen LogP contribution in [0.3, 0.4) is 0 Å². The topological polar surface area (TPSA) is 24.4 Å². The monoisotopic (exact) mass is 120 g/mol. The lowest BCUT2D eigenvalue weighted by Crippen LogP contribution is -2.03. The number of rotatable bonds is 0. The molecule has 1 aliphatic heterocycles. The fourth-order valence-corrected chi connectivity index (χ4v) is 1.55. The molecule has 0 fully saturated rings. The van der Waals surface area contributed by atoms with Crippen LogP contribution in [0.2, 0.25) is 0 Å². The predicted octanol–water partition coefficient (Wildman–Crippen LogP) is 1.22. The lowest BCUT2D eigenvalue weighted by Gasteiger charge is -1.81. The van der Waals surface area contributed by atoms with E-state index in [1.54, 1.807) is 11.0 Å². The van der Waals surface area contributed by atoms with Crippen LogP contribution in [-0.2, 0) is 0 Å². The Morgan fingerprint density at radius 3 is 2.83 bits per heavy atom. The van der Waals surface area contributed by atoms with Gasteiger partial charge in [0, 0.05) is 11.0 Å². The molecule has 0 saturated heterocycles. The van der Waals surface area contributed by atoms with Gasteiger partial charge in [-0.1, -0.05) is 0 Å². The Hall–Kier alpha value is 0.170. The molecule has 6 heavy (non-hydrogen) atoms. The third-order valence-electron chi connectivity index (χ3n) is 0.401. The van der Waals surface area contributed by atoms with Crippen molar-refractivity contribution in [2.24, 2.45) is 4.40 Å². The van der Waals surface area contributed by atoms with E-state index < -0.39 is 0 Å². The van der Waals surface area contributed by atoms with Gasteiger partial charge in [0.1, 0.15) is 5.84 Å². The molecule has 0 spiro atoms. The second kappa shape index (κ2) is 1.75. The van der Waals surface area contributed by atoms with Crippen LogP contribution in [0.25, 0.3) is 0 Å². The van der Waals surface area contributed by atoms with Crippen molar-refractivity contribution in [1.29, 1.82) is 0 Å². The van der Waals surface area contributed by atoms with Crippen molar-refractivity contribution in [2.45, 2.75) is 6.92 Å². The Kier molecular flexibility index (Phi) is 1.26. The SMILES string of the molecule is CC1=NSSN1. The summed E-state index contributed by atoms with van der Waals surface area (Å²) in [6, 6.07) is 0. The van der Waals surface area contributed by atoms with Crippen LogP contribution in [0, 0.1) is 0 Å². The molecule has 0 aliphatic carbocycles. The van der Waals surface area contributed by atoms with Gasteiger partial charge in [0.05, 0.1) is 11.0 Å². The summed E-state index contributed by atoms with van der Waals surface area (Å²) in [6.07, 6.45) is 0. The fraction of sp³-hybridized carbons (Fsp3) is 0.500. The molecule has 2 nitrogen and oxygen atoms in total. The number of amidine groups is 1. The molecule has 1 aliphatic rings. The van der Waals surface area contributed by atoms with E-state index in [2.05, 4.69) is 9.12 Å². The number of hydrogen-bond acceptors (Lipinski definition) is 4. The highest BCUT2D eigenvalue weighted by molar-refractivity contribution is 8.76. The van der Waals surface area contributed by atoms with Crippen molar-refractivity contribution in [2.75, 3.05) is 0 Å². The van der Waals surface area contributed by atoms with Gasteiger partial charge in [-0.05, 0) is 6.92 Å². The van der Waals surface area contributed by atoms with Gasteiger partial charge in [-0.2, -0.15) is 4.40 Å². The molecule has 34 valence electrons. The summed E-state index contributed by atoms with van der Waals surface area (Å²) in [4.78, 5) is 0. The van der Waals surface area contributed by atoms with Crippen LogP contribution in [0.4, 0.5) is 0 Å². The highest BCUT2D eigenvalue weighted by atomic mass is 33.1. The molecule has 0 aromatic rings. The summed E-state index contributed by atoms with van der Waals surface area (Å²) in [5.74, 6) is 1.00. The average Bonchev–Trinajstić information content (AvgIpc) is 1.86. The predicted molar refractivity (Wildman–Crippen MR) is 31.4 cm³/mol. The van der Waals surface area contributed by atoms with Crippen molar-refractivity contribution >= 4 is 27.8 Å². The van der Waals surface area contributed by atoms with Gasteiger partial charge in [-0.15, -0.1) is 0 Å². The van der Waals surface area contributed by atoms with Crippen LogP contribution in [-0.4, -0.2) is 5.84 Å².